The largest absolute Gasteiger partial charge is 0.265 e. The molecule has 0 amide bonds. The van der Waals surface area contributed by atoms with E-state index in [-0.39, 0.29) is 6.61 Å². The van der Waals surface area contributed by atoms with Crippen LogP contribution in [-0.4, -0.2) is 35.1 Å². The number of benzene rings is 1. The van der Waals surface area contributed by atoms with Crippen molar-refractivity contribution >= 4 is 10.1 Å². The molecule has 0 saturated heterocycles. The molecule has 0 saturated carbocycles. The molecular weight excluding hydrogens is 256 g/mol. The highest BCUT2D eigenvalue weighted by Crippen LogP contribution is 2.14. The summed E-state index contributed by atoms with van der Waals surface area (Å²) in [7, 11) is -3.43. The van der Waals surface area contributed by atoms with Crippen LogP contribution < -0.4 is 0 Å². The molecule has 2 rings (SSSR count). The molecule has 0 radical (unpaired) electrons. The van der Waals surface area contributed by atoms with Crippen molar-refractivity contribution in [3.63, 3.8) is 0 Å². The Balaban J connectivity index is 2.11. The second kappa shape index (κ2) is 5.15. The Labute approximate surface area is 104 Å². The molecule has 8 heteroatoms. The molecule has 0 aliphatic carbocycles. The third-order valence-corrected chi connectivity index (χ3v) is 2.61. The topological polar surface area (TPSA) is 94.9 Å². The Hall–Kier alpha value is -1.93. The van der Waals surface area contributed by atoms with Gasteiger partial charge in [0.25, 0.3) is 10.1 Å². The molecule has 0 aliphatic rings. The first kappa shape index (κ1) is 12.5. The molecule has 2 aromatic rings. The Morgan fingerprint density at radius 2 is 1.72 bits per heavy atom. The standard InChI is InChI=1S/C10H10N4O3S/c1-18(15,16)17-6-8-2-4-9(5-3-8)10-13-11-7-12-14-10/h2-5,7H,6H2,1H3. The quantitative estimate of drug-likeness (QED) is 0.739. The Morgan fingerprint density at radius 1 is 1.11 bits per heavy atom. The lowest BCUT2D eigenvalue weighted by Gasteiger charge is -2.02. The molecule has 94 valence electrons. The highest BCUT2D eigenvalue weighted by atomic mass is 32.2. The third-order valence-electron chi connectivity index (χ3n) is 2.06. The molecule has 0 aliphatic heterocycles. The van der Waals surface area contributed by atoms with Gasteiger partial charge in [0.1, 0.15) is 0 Å². The van der Waals surface area contributed by atoms with Gasteiger partial charge in [-0.1, -0.05) is 24.3 Å². The Kier molecular flexibility index (Phi) is 3.58. The Morgan fingerprint density at radius 3 is 2.28 bits per heavy atom. The highest BCUT2D eigenvalue weighted by Gasteiger charge is 2.04. The number of nitrogens with zero attached hydrogens (tertiary/aromatic N) is 4. The molecule has 0 unspecified atom stereocenters. The highest BCUT2D eigenvalue weighted by molar-refractivity contribution is 7.85. The normalized spacial score (nSPS) is 11.4. The van der Waals surface area contributed by atoms with Crippen LogP contribution in [0.4, 0.5) is 0 Å². The van der Waals surface area contributed by atoms with Crippen LogP contribution in [-0.2, 0) is 20.9 Å². The smallest absolute Gasteiger partial charge is 0.264 e. The van der Waals surface area contributed by atoms with Crippen LogP contribution in [0.15, 0.2) is 30.6 Å². The van der Waals surface area contributed by atoms with Gasteiger partial charge in [0.2, 0.25) is 5.82 Å². The molecule has 0 bridgehead atoms. The molecular formula is C10H10N4O3S. The van der Waals surface area contributed by atoms with E-state index in [2.05, 4.69) is 24.6 Å². The van der Waals surface area contributed by atoms with Crippen molar-refractivity contribution in [2.75, 3.05) is 6.26 Å². The maximum atomic E-state index is 10.8. The predicted molar refractivity (Wildman–Crippen MR) is 62.7 cm³/mol. The van der Waals surface area contributed by atoms with E-state index < -0.39 is 10.1 Å². The van der Waals surface area contributed by atoms with E-state index >= 15 is 0 Å². The van der Waals surface area contributed by atoms with Crippen LogP contribution in [0.3, 0.4) is 0 Å². The lowest BCUT2D eigenvalue weighted by molar-refractivity contribution is 0.311. The molecule has 1 aromatic carbocycles. The number of aromatic nitrogens is 4. The summed E-state index contributed by atoms with van der Waals surface area (Å²) in [6.45, 7) is 0.00522. The zero-order valence-electron chi connectivity index (χ0n) is 9.52. The van der Waals surface area contributed by atoms with Crippen LogP contribution >= 0.6 is 0 Å². The minimum absolute atomic E-state index is 0.00522. The molecule has 1 heterocycles. The summed E-state index contributed by atoms with van der Waals surface area (Å²) in [4.78, 5) is 0. The van der Waals surface area contributed by atoms with E-state index in [0.29, 0.717) is 5.82 Å². The molecule has 0 spiro atoms. The maximum Gasteiger partial charge on any atom is 0.264 e. The zero-order valence-corrected chi connectivity index (χ0v) is 10.3. The van der Waals surface area contributed by atoms with E-state index in [0.717, 1.165) is 17.4 Å². The summed E-state index contributed by atoms with van der Waals surface area (Å²) in [5.74, 6) is 0.410. The van der Waals surface area contributed by atoms with Gasteiger partial charge in [-0.2, -0.15) is 8.42 Å². The van der Waals surface area contributed by atoms with E-state index in [4.69, 9.17) is 0 Å². The summed E-state index contributed by atoms with van der Waals surface area (Å²) >= 11 is 0. The van der Waals surface area contributed by atoms with Crippen molar-refractivity contribution in [3.05, 3.63) is 36.2 Å². The average Bonchev–Trinajstić information content (AvgIpc) is 2.37. The summed E-state index contributed by atoms with van der Waals surface area (Å²) in [5.41, 5.74) is 1.49. The average molecular weight is 266 g/mol. The summed E-state index contributed by atoms with van der Waals surface area (Å²) < 4.78 is 26.3. The van der Waals surface area contributed by atoms with Gasteiger partial charge in [-0.25, -0.2) is 0 Å². The molecule has 0 fully saturated rings. The third kappa shape index (κ3) is 3.54. The predicted octanol–water partition coefficient (Wildman–Crippen LogP) is 0.410. The lowest BCUT2D eigenvalue weighted by atomic mass is 10.1. The van der Waals surface area contributed by atoms with Gasteiger partial charge in [-0.05, 0) is 5.56 Å². The number of hydrogen-bond donors (Lipinski definition) is 0. The molecule has 1 aromatic heterocycles. The molecule has 0 N–H and O–H groups in total. The fourth-order valence-electron chi connectivity index (χ4n) is 1.24. The van der Waals surface area contributed by atoms with Crippen molar-refractivity contribution < 1.29 is 12.6 Å². The van der Waals surface area contributed by atoms with Gasteiger partial charge in [0.05, 0.1) is 12.9 Å². The van der Waals surface area contributed by atoms with Gasteiger partial charge < -0.3 is 0 Å². The second-order valence-corrected chi connectivity index (χ2v) is 5.18. The summed E-state index contributed by atoms with van der Waals surface area (Å²) in [6, 6.07) is 6.97. The van der Waals surface area contributed by atoms with Gasteiger partial charge in [0.15, 0.2) is 6.33 Å². The zero-order chi connectivity index (χ0) is 13.0. The van der Waals surface area contributed by atoms with Crippen molar-refractivity contribution in [3.8, 4) is 11.4 Å². The summed E-state index contributed by atoms with van der Waals surface area (Å²) in [6.07, 6.45) is 2.26. The van der Waals surface area contributed by atoms with Gasteiger partial charge in [-0.3, -0.25) is 4.18 Å². The first-order valence-corrected chi connectivity index (χ1v) is 6.80. The molecule has 0 atom stereocenters. The van der Waals surface area contributed by atoms with E-state index in [1.807, 2.05) is 0 Å². The van der Waals surface area contributed by atoms with Gasteiger partial charge in [0, 0.05) is 5.56 Å². The van der Waals surface area contributed by atoms with Crippen molar-refractivity contribution in [1.29, 1.82) is 0 Å². The Bertz CT molecular complexity index is 613. The summed E-state index contributed by atoms with van der Waals surface area (Å²) in [5, 5.41) is 14.9. The monoisotopic (exact) mass is 266 g/mol. The van der Waals surface area contributed by atoms with Crippen LogP contribution in [0, 0.1) is 0 Å². The minimum atomic E-state index is -3.43. The molecule has 7 nitrogen and oxygen atoms in total. The van der Waals surface area contributed by atoms with Crippen LogP contribution in [0.25, 0.3) is 11.4 Å². The van der Waals surface area contributed by atoms with Crippen LogP contribution in [0.1, 0.15) is 5.56 Å². The van der Waals surface area contributed by atoms with Crippen LogP contribution in [0.2, 0.25) is 0 Å². The van der Waals surface area contributed by atoms with Crippen LogP contribution in [0.5, 0.6) is 0 Å². The van der Waals surface area contributed by atoms with Crippen molar-refractivity contribution in [2.45, 2.75) is 6.61 Å². The number of rotatable bonds is 4. The SMILES string of the molecule is CS(=O)(=O)OCc1ccc(-c2nncnn2)cc1. The van der Waals surface area contributed by atoms with Gasteiger partial charge >= 0.3 is 0 Å². The second-order valence-electron chi connectivity index (χ2n) is 3.53. The molecule has 18 heavy (non-hydrogen) atoms. The van der Waals surface area contributed by atoms with E-state index in [9.17, 15) is 8.42 Å². The minimum Gasteiger partial charge on any atom is -0.265 e. The van der Waals surface area contributed by atoms with Gasteiger partial charge in [-0.15, -0.1) is 20.4 Å². The maximum absolute atomic E-state index is 10.8. The van der Waals surface area contributed by atoms with Crippen molar-refractivity contribution in [2.24, 2.45) is 0 Å². The van der Waals surface area contributed by atoms with E-state index in [1.165, 1.54) is 6.33 Å². The van der Waals surface area contributed by atoms with E-state index in [1.54, 1.807) is 24.3 Å². The fraction of sp³-hybridized carbons (Fsp3) is 0.200. The fourth-order valence-corrected chi connectivity index (χ4v) is 1.59. The van der Waals surface area contributed by atoms with Crippen molar-refractivity contribution in [1.82, 2.24) is 20.4 Å². The number of hydrogen-bond acceptors (Lipinski definition) is 7. The first-order chi connectivity index (χ1) is 8.54. The first-order valence-electron chi connectivity index (χ1n) is 4.99. The lowest BCUT2D eigenvalue weighted by Crippen LogP contribution is -2.02.